The fraction of sp³-hybridized carbons (Fsp3) is 0.600. The van der Waals surface area contributed by atoms with Crippen molar-refractivity contribution in [3.63, 3.8) is 0 Å². The highest BCUT2D eigenvalue weighted by molar-refractivity contribution is 5.89. The van der Waals surface area contributed by atoms with E-state index in [1.165, 1.54) is 0 Å². The van der Waals surface area contributed by atoms with Crippen LogP contribution in [0.4, 0.5) is 28.0 Å². The second-order valence-electron chi connectivity index (χ2n) is 8.43. The van der Waals surface area contributed by atoms with Crippen LogP contribution in [0.3, 0.4) is 0 Å². The van der Waals surface area contributed by atoms with Gasteiger partial charge in [0.1, 0.15) is 5.60 Å². The molecule has 0 spiro atoms. The van der Waals surface area contributed by atoms with Crippen LogP contribution in [-0.4, -0.2) is 53.2 Å². The van der Waals surface area contributed by atoms with Crippen LogP contribution in [0, 0.1) is 11.7 Å². The molecule has 1 fully saturated rings. The summed E-state index contributed by atoms with van der Waals surface area (Å²) in [5, 5.41) is 11.9. The van der Waals surface area contributed by atoms with Crippen LogP contribution in [-0.2, 0) is 4.74 Å². The van der Waals surface area contributed by atoms with Crippen molar-refractivity contribution >= 4 is 17.7 Å². The van der Waals surface area contributed by atoms with Gasteiger partial charge in [0.25, 0.3) is 0 Å². The molecule has 1 heterocycles. The Morgan fingerprint density at radius 3 is 2.26 bits per heavy atom. The number of rotatable bonds is 5. The van der Waals surface area contributed by atoms with Crippen LogP contribution in [0.5, 0.6) is 5.75 Å². The molecule has 2 rings (SSSR count). The van der Waals surface area contributed by atoms with Crippen molar-refractivity contribution in [2.45, 2.75) is 58.5 Å². The molecular formula is C20H26F4N2O5. The topological polar surface area (TPSA) is 88.1 Å². The number of carbonyl (C=O) groups is 2. The third-order valence-corrected chi connectivity index (χ3v) is 4.79. The summed E-state index contributed by atoms with van der Waals surface area (Å²) >= 11 is 0. The zero-order valence-electron chi connectivity index (χ0n) is 17.7. The monoisotopic (exact) mass is 450 g/mol. The normalized spacial score (nSPS) is 16.6. The molecule has 0 aliphatic carbocycles. The summed E-state index contributed by atoms with van der Waals surface area (Å²) in [6.45, 7) is 7.75. The lowest BCUT2D eigenvalue weighted by molar-refractivity contribution is -0.275. The first kappa shape index (κ1) is 24.5. The van der Waals surface area contributed by atoms with Crippen LogP contribution < -0.4 is 10.1 Å². The predicted octanol–water partition coefficient (Wildman–Crippen LogP) is 4.87. The smallest absolute Gasteiger partial charge is 0.478 e. The Bertz CT molecular complexity index is 815. The number of carbonyl (C=O) groups excluding carboxylic acids is 1. The zero-order valence-corrected chi connectivity index (χ0v) is 17.7. The van der Waals surface area contributed by atoms with Gasteiger partial charge in [-0.15, -0.1) is 13.2 Å². The number of nitrogens with one attached hydrogen (secondary N) is 1. The Hall–Kier alpha value is -2.72. The Balaban J connectivity index is 2.12. The average Bonchev–Trinajstić information content (AvgIpc) is 2.62. The highest BCUT2D eigenvalue weighted by Crippen LogP contribution is 2.36. The second-order valence-corrected chi connectivity index (χ2v) is 8.43. The average molecular weight is 450 g/mol. The number of piperidine rings is 1. The number of anilines is 1. The lowest BCUT2D eigenvalue weighted by atomic mass is 9.90. The Kier molecular flexibility index (Phi) is 7.28. The van der Waals surface area contributed by atoms with Crippen molar-refractivity contribution in [3.8, 4) is 5.75 Å². The van der Waals surface area contributed by atoms with Gasteiger partial charge in [-0.25, -0.2) is 14.0 Å². The number of hydrogen-bond acceptors (Lipinski definition) is 5. The first-order chi connectivity index (χ1) is 14.2. The summed E-state index contributed by atoms with van der Waals surface area (Å²) in [6, 6.07) is 0.928. The summed E-state index contributed by atoms with van der Waals surface area (Å²) in [6.07, 6.45) is -4.53. The first-order valence-electron chi connectivity index (χ1n) is 9.73. The van der Waals surface area contributed by atoms with E-state index in [1.54, 1.807) is 32.6 Å². The van der Waals surface area contributed by atoms with E-state index in [2.05, 4.69) is 10.1 Å². The maximum absolute atomic E-state index is 14.2. The minimum absolute atomic E-state index is 0.0611. The van der Waals surface area contributed by atoms with E-state index in [0.717, 1.165) is 6.07 Å². The number of likely N-dealkylation sites (tertiary alicyclic amines) is 1. The van der Waals surface area contributed by atoms with E-state index in [0.29, 0.717) is 32.0 Å². The number of alkyl halides is 3. The molecule has 1 aliphatic heterocycles. The molecule has 1 aromatic carbocycles. The third kappa shape index (κ3) is 7.18. The molecule has 1 aromatic rings. The van der Waals surface area contributed by atoms with Gasteiger partial charge in [0.15, 0.2) is 11.6 Å². The van der Waals surface area contributed by atoms with Crippen LogP contribution in [0.15, 0.2) is 12.1 Å². The number of carboxylic acid groups (broad SMARTS) is 1. The van der Waals surface area contributed by atoms with E-state index in [1.807, 2.05) is 0 Å². The fourth-order valence-electron chi connectivity index (χ4n) is 3.32. The molecule has 1 atom stereocenters. The summed E-state index contributed by atoms with van der Waals surface area (Å²) in [7, 11) is 0. The number of carboxylic acids is 1. The Morgan fingerprint density at radius 1 is 1.19 bits per heavy atom. The van der Waals surface area contributed by atoms with Gasteiger partial charge in [0, 0.05) is 19.1 Å². The molecule has 0 radical (unpaired) electrons. The highest BCUT2D eigenvalue weighted by Gasteiger charge is 2.35. The standard InChI is InChI=1S/C20H26F4N2O5/c1-11(12-5-7-26(8-6-12)18(29)31-19(2,3)4)25-15-10-13(17(27)28)9-14(21)16(15)30-20(22,23)24/h9-12,25H,5-8H2,1-4H3,(H,27,28). The highest BCUT2D eigenvalue weighted by atomic mass is 19.4. The minimum Gasteiger partial charge on any atom is -0.478 e. The number of benzene rings is 1. The quantitative estimate of drug-likeness (QED) is 0.623. The Morgan fingerprint density at radius 2 is 1.77 bits per heavy atom. The van der Waals surface area contributed by atoms with E-state index in [4.69, 9.17) is 9.84 Å². The van der Waals surface area contributed by atoms with Gasteiger partial charge < -0.3 is 24.8 Å². The number of amides is 1. The summed E-state index contributed by atoms with van der Waals surface area (Å²) < 4.78 is 61.4. The van der Waals surface area contributed by atoms with Crippen molar-refractivity contribution in [1.29, 1.82) is 0 Å². The van der Waals surface area contributed by atoms with E-state index in [9.17, 15) is 27.2 Å². The predicted molar refractivity (Wildman–Crippen MR) is 104 cm³/mol. The molecule has 0 aromatic heterocycles. The summed E-state index contributed by atoms with van der Waals surface area (Å²) in [4.78, 5) is 24.9. The molecule has 1 aliphatic rings. The molecule has 2 N–H and O–H groups in total. The minimum atomic E-state index is -5.15. The number of ether oxygens (including phenoxy) is 2. The summed E-state index contributed by atoms with van der Waals surface area (Å²) in [5.74, 6) is -4.10. The molecule has 11 heteroatoms. The summed E-state index contributed by atoms with van der Waals surface area (Å²) in [5.41, 5.74) is -1.55. The van der Waals surface area contributed by atoms with Gasteiger partial charge in [-0.1, -0.05) is 0 Å². The van der Waals surface area contributed by atoms with E-state index in [-0.39, 0.29) is 5.92 Å². The molecule has 7 nitrogen and oxygen atoms in total. The molecule has 1 amide bonds. The lowest BCUT2D eigenvalue weighted by Gasteiger charge is -2.36. The van der Waals surface area contributed by atoms with E-state index < -0.39 is 52.9 Å². The number of hydrogen-bond donors (Lipinski definition) is 2. The number of nitrogens with zero attached hydrogens (tertiary/aromatic N) is 1. The van der Waals surface area contributed by atoms with Crippen LogP contribution in [0.25, 0.3) is 0 Å². The maximum atomic E-state index is 14.2. The Labute approximate surface area is 177 Å². The van der Waals surface area contributed by atoms with Crippen molar-refractivity contribution < 1.29 is 41.7 Å². The lowest BCUT2D eigenvalue weighted by Crippen LogP contribution is -2.44. The van der Waals surface area contributed by atoms with Crippen molar-refractivity contribution in [2.24, 2.45) is 5.92 Å². The second kappa shape index (κ2) is 9.19. The van der Waals surface area contributed by atoms with Gasteiger partial charge in [-0.2, -0.15) is 0 Å². The molecule has 0 saturated carbocycles. The van der Waals surface area contributed by atoms with Gasteiger partial charge in [0.05, 0.1) is 11.3 Å². The zero-order chi connectivity index (χ0) is 23.6. The van der Waals surface area contributed by atoms with Crippen molar-refractivity contribution in [3.05, 3.63) is 23.5 Å². The molecule has 1 unspecified atom stereocenters. The molecule has 1 saturated heterocycles. The largest absolute Gasteiger partial charge is 0.573 e. The van der Waals surface area contributed by atoms with Crippen molar-refractivity contribution in [1.82, 2.24) is 4.90 Å². The van der Waals surface area contributed by atoms with Crippen LogP contribution >= 0.6 is 0 Å². The van der Waals surface area contributed by atoms with Crippen LogP contribution in [0.1, 0.15) is 50.9 Å². The van der Waals surface area contributed by atoms with Crippen molar-refractivity contribution in [2.75, 3.05) is 18.4 Å². The SMILES string of the molecule is CC(Nc1cc(C(=O)O)cc(F)c1OC(F)(F)F)C1CCN(C(=O)OC(C)(C)C)CC1. The van der Waals surface area contributed by atoms with Gasteiger partial charge in [-0.3, -0.25) is 0 Å². The third-order valence-electron chi connectivity index (χ3n) is 4.79. The number of halogens is 4. The molecule has 31 heavy (non-hydrogen) atoms. The molecular weight excluding hydrogens is 424 g/mol. The van der Waals surface area contributed by atoms with Gasteiger partial charge in [0.2, 0.25) is 0 Å². The van der Waals surface area contributed by atoms with Gasteiger partial charge >= 0.3 is 18.4 Å². The van der Waals surface area contributed by atoms with Crippen LogP contribution in [0.2, 0.25) is 0 Å². The molecule has 174 valence electrons. The maximum Gasteiger partial charge on any atom is 0.573 e. The van der Waals surface area contributed by atoms with Gasteiger partial charge in [-0.05, 0) is 58.6 Å². The van der Waals surface area contributed by atoms with E-state index >= 15 is 0 Å². The first-order valence-corrected chi connectivity index (χ1v) is 9.73. The fourth-order valence-corrected chi connectivity index (χ4v) is 3.32. The molecule has 0 bridgehead atoms. The number of aromatic carboxylic acids is 1.